The number of benzene rings is 3. The first-order valence-electron chi connectivity index (χ1n) is 9.65. The molecule has 3 aromatic carbocycles. The zero-order valence-corrected chi connectivity index (χ0v) is 16.6. The first kappa shape index (κ1) is 19.3. The molecule has 0 saturated carbocycles. The molecule has 0 saturated heterocycles. The number of carbonyl (C=O) groups is 1. The predicted octanol–water partition coefficient (Wildman–Crippen LogP) is 4.97. The van der Waals surface area contributed by atoms with Gasteiger partial charge in [-0.05, 0) is 65.2 Å². The van der Waals surface area contributed by atoms with E-state index in [0.29, 0.717) is 17.9 Å². The van der Waals surface area contributed by atoms with Crippen LogP contribution in [0.4, 0.5) is 0 Å². The number of nitrogens with zero attached hydrogens (tertiary/aromatic N) is 2. The number of rotatable bonds is 6. The molecule has 1 heterocycles. The summed E-state index contributed by atoms with van der Waals surface area (Å²) in [7, 11) is 0. The van der Waals surface area contributed by atoms with Crippen molar-refractivity contribution in [1.29, 1.82) is 0 Å². The first-order chi connectivity index (χ1) is 14.7. The molecule has 5 nitrogen and oxygen atoms in total. The highest BCUT2D eigenvalue weighted by molar-refractivity contribution is 6.00. The van der Waals surface area contributed by atoms with E-state index in [-0.39, 0.29) is 5.91 Å². The van der Waals surface area contributed by atoms with Gasteiger partial charge in [-0.25, -0.2) is 5.43 Å². The van der Waals surface area contributed by atoms with Gasteiger partial charge in [0.25, 0.3) is 5.91 Å². The molecular formula is C25H21N3O2. The van der Waals surface area contributed by atoms with Crippen LogP contribution in [0.5, 0.6) is 5.75 Å². The molecule has 0 spiro atoms. The molecule has 0 bridgehead atoms. The summed E-state index contributed by atoms with van der Waals surface area (Å²) >= 11 is 0. The van der Waals surface area contributed by atoms with Crippen LogP contribution in [0.2, 0.25) is 0 Å². The monoisotopic (exact) mass is 395 g/mol. The summed E-state index contributed by atoms with van der Waals surface area (Å²) in [6, 6.07) is 25.6. The van der Waals surface area contributed by atoms with Gasteiger partial charge in [0, 0.05) is 12.4 Å². The van der Waals surface area contributed by atoms with Gasteiger partial charge in [-0.1, -0.05) is 42.5 Å². The number of hydrazone groups is 1. The van der Waals surface area contributed by atoms with E-state index in [2.05, 4.69) is 39.8 Å². The maximum absolute atomic E-state index is 12.1. The third-order valence-electron chi connectivity index (χ3n) is 4.80. The normalized spacial score (nSPS) is 11.3. The molecular weight excluding hydrogens is 374 g/mol. The Morgan fingerprint density at radius 3 is 2.53 bits per heavy atom. The summed E-state index contributed by atoms with van der Waals surface area (Å²) in [4.78, 5) is 16.0. The fraction of sp³-hybridized carbons (Fsp3) is 0.0800. The Hall–Kier alpha value is -3.99. The van der Waals surface area contributed by atoms with Crippen LogP contribution >= 0.6 is 0 Å². The van der Waals surface area contributed by atoms with Crippen molar-refractivity contribution in [2.24, 2.45) is 5.10 Å². The van der Waals surface area contributed by atoms with Crippen molar-refractivity contribution in [2.75, 3.05) is 0 Å². The minimum atomic E-state index is -0.294. The van der Waals surface area contributed by atoms with Crippen LogP contribution < -0.4 is 10.2 Å². The Kier molecular flexibility index (Phi) is 5.80. The fourth-order valence-corrected chi connectivity index (χ4v) is 3.13. The number of amides is 1. The number of hydrogen-bond acceptors (Lipinski definition) is 4. The molecule has 0 atom stereocenters. The maximum atomic E-state index is 12.1. The van der Waals surface area contributed by atoms with Gasteiger partial charge in [-0.3, -0.25) is 9.78 Å². The van der Waals surface area contributed by atoms with Crippen molar-refractivity contribution >= 4 is 22.4 Å². The van der Waals surface area contributed by atoms with Gasteiger partial charge in [0.05, 0.1) is 11.3 Å². The summed E-state index contributed by atoms with van der Waals surface area (Å²) in [6.07, 6.45) is 3.12. The fourth-order valence-electron chi connectivity index (χ4n) is 3.13. The molecule has 1 amide bonds. The number of pyridine rings is 1. The highest BCUT2D eigenvalue weighted by atomic mass is 16.5. The Balaban J connectivity index is 1.39. The zero-order valence-electron chi connectivity index (χ0n) is 16.6. The van der Waals surface area contributed by atoms with Crippen LogP contribution in [0.25, 0.3) is 10.8 Å². The SMILES string of the molecule is CC(=NNC(=O)c1cccnc1)c1ccc(OCc2cccc3ccccc23)cc1. The minimum Gasteiger partial charge on any atom is -0.489 e. The highest BCUT2D eigenvalue weighted by Crippen LogP contribution is 2.21. The highest BCUT2D eigenvalue weighted by Gasteiger charge is 2.05. The van der Waals surface area contributed by atoms with E-state index in [9.17, 15) is 4.79 Å². The second kappa shape index (κ2) is 9.01. The van der Waals surface area contributed by atoms with Gasteiger partial charge in [-0.2, -0.15) is 5.10 Å². The molecule has 5 heteroatoms. The van der Waals surface area contributed by atoms with E-state index in [4.69, 9.17) is 4.74 Å². The summed E-state index contributed by atoms with van der Waals surface area (Å²) < 4.78 is 5.97. The molecule has 0 aliphatic carbocycles. The van der Waals surface area contributed by atoms with E-state index < -0.39 is 0 Å². The number of fused-ring (bicyclic) bond motifs is 1. The predicted molar refractivity (Wildman–Crippen MR) is 119 cm³/mol. The van der Waals surface area contributed by atoms with E-state index in [1.165, 1.54) is 17.0 Å². The molecule has 0 aliphatic heterocycles. The van der Waals surface area contributed by atoms with E-state index >= 15 is 0 Å². The summed E-state index contributed by atoms with van der Waals surface area (Å²) in [5, 5.41) is 6.58. The van der Waals surface area contributed by atoms with Gasteiger partial charge in [-0.15, -0.1) is 0 Å². The molecule has 1 N–H and O–H groups in total. The Morgan fingerprint density at radius 1 is 0.933 bits per heavy atom. The zero-order chi connectivity index (χ0) is 20.8. The molecule has 0 aliphatic rings. The van der Waals surface area contributed by atoms with Crippen LogP contribution in [0, 0.1) is 0 Å². The average Bonchev–Trinajstić information content (AvgIpc) is 2.82. The maximum Gasteiger partial charge on any atom is 0.272 e. The third-order valence-corrected chi connectivity index (χ3v) is 4.80. The molecule has 4 aromatic rings. The van der Waals surface area contributed by atoms with Crippen LogP contribution in [0.15, 0.2) is 96.4 Å². The standard InChI is InChI=1S/C25H21N3O2/c1-18(27-28-25(29)21-9-5-15-26-16-21)19-11-13-23(14-12-19)30-17-22-8-4-7-20-6-2-3-10-24(20)22/h2-16H,17H2,1H3,(H,28,29). The lowest BCUT2D eigenvalue weighted by Gasteiger charge is -2.10. The molecule has 30 heavy (non-hydrogen) atoms. The van der Waals surface area contributed by atoms with Crippen LogP contribution in [0.3, 0.4) is 0 Å². The van der Waals surface area contributed by atoms with E-state index in [1.807, 2.05) is 49.4 Å². The third kappa shape index (κ3) is 4.52. The van der Waals surface area contributed by atoms with Gasteiger partial charge >= 0.3 is 0 Å². The average molecular weight is 395 g/mol. The summed E-state index contributed by atoms with van der Waals surface area (Å²) in [5.41, 5.74) is 5.77. The van der Waals surface area contributed by atoms with Crippen molar-refractivity contribution in [3.63, 3.8) is 0 Å². The number of carbonyl (C=O) groups excluding carboxylic acids is 1. The molecule has 148 valence electrons. The second-order valence-corrected chi connectivity index (χ2v) is 6.83. The first-order valence-corrected chi connectivity index (χ1v) is 9.65. The lowest BCUT2D eigenvalue weighted by molar-refractivity contribution is 0.0954. The molecule has 0 unspecified atom stereocenters. The van der Waals surface area contributed by atoms with Crippen LogP contribution in [0.1, 0.15) is 28.4 Å². The van der Waals surface area contributed by atoms with Crippen molar-refractivity contribution in [3.05, 3.63) is 108 Å². The van der Waals surface area contributed by atoms with E-state index in [0.717, 1.165) is 16.9 Å². The van der Waals surface area contributed by atoms with Gasteiger partial charge < -0.3 is 4.74 Å². The number of nitrogens with one attached hydrogen (secondary N) is 1. The topological polar surface area (TPSA) is 63.6 Å². The van der Waals surface area contributed by atoms with Crippen molar-refractivity contribution < 1.29 is 9.53 Å². The van der Waals surface area contributed by atoms with Crippen LogP contribution in [-0.4, -0.2) is 16.6 Å². The summed E-state index contributed by atoms with van der Waals surface area (Å²) in [5.74, 6) is 0.483. The number of aromatic nitrogens is 1. The Bertz CT molecular complexity index is 1180. The Morgan fingerprint density at radius 2 is 1.73 bits per heavy atom. The summed E-state index contributed by atoms with van der Waals surface area (Å²) in [6.45, 7) is 2.34. The number of hydrogen-bond donors (Lipinski definition) is 1. The van der Waals surface area contributed by atoms with Gasteiger partial charge in [0.1, 0.15) is 12.4 Å². The lowest BCUT2D eigenvalue weighted by Crippen LogP contribution is -2.19. The largest absolute Gasteiger partial charge is 0.489 e. The molecule has 1 aromatic heterocycles. The number of ether oxygens (including phenoxy) is 1. The smallest absolute Gasteiger partial charge is 0.272 e. The lowest BCUT2D eigenvalue weighted by atomic mass is 10.1. The van der Waals surface area contributed by atoms with Gasteiger partial charge in [0.15, 0.2) is 0 Å². The van der Waals surface area contributed by atoms with Gasteiger partial charge in [0.2, 0.25) is 0 Å². The van der Waals surface area contributed by atoms with Crippen molar-refractivity contribution in [1.82, 2.24) is 10.4 Å². The van der Waals surface area contributed by atoms with E-state index in [1.54, 1.807) is 18.3 Å². The minimum absolute atomic E-state index is 0.294. The molecule has 0 fully saturated rings. The molecule has 4 rings (SSSR count). The van der Waals surface area contributed by atoms with Crippen molar-refractivity contribution in [2.45, 2.75) is 13.5 Å². The van der Waals surface area contributed by atoms with Crippen molar-refractivity contribution in [3.8, 4) is 5.75 Å². The second-order valence-electron chi connectivity index (χ2n) is 6.83. The van der Waals surface area contributed by atoms with Crippen LogP contribution in [-0.2, 0) is 6.61 Å². The molecule has 0 radical (unpaired) electrons. The Labute approximate surface area is 175 Å². The quantitative estimate of drug-likeness (QED) is 0.370.